The number of hydrogen-bond donors (Lipinski definition) is 0. The zero-order chi connectivity index (χ0) is 22.7. The molecule has 0 saturated heterocycles. The fraction of sp³-hybridized carbons (Fsp3) is 0.760. The van der Waals surface area contributed by atoms with E-state index >= 15 is 0 Å². The standard InChI is InChI=1S/C25H41F4N/c1-6-10-12-19(8-3)14-16-30(17-15-20(9-4)13-11-7-2)25-22(27)18(5)21(26)23(28)24(25)29/h19-20H,6-17H2,1-5H3. The number of nitrogens with zero attached hydrogens (tertiary/aromatic N) is 1. The first-order valence-corrected chi connectivity index (χ1v) is 11.9. The van der Waals surface area contributed by atoms with Crippen LogP contribution in [0.1, 0.15) is 97.5 Å². The van der Waals surface area contributed by atoms with Gasteiger partial charge in [0.05, 0.1) is 0 Å². The molecule has 2 unspecified atom stereocenters. The summed E-state index contributed by atoms with van der Waals surface area (Å²) in [7, 11) is 0. The Morgan fingerprint density at radius 3 is 1.50 bits per heavy atom. The molecule has 1 nitrogen and oxygen atoms in total. The average molecular weight is 432 g/mol. The van der Waals surface area contributed by atoms with Gasteiger partial charge >= 0.3 is 0 Å². The zero-order valence-corrected chi connectivity index (χ0v) is 19.6. The molecule has 0 aliphatic heterocycles. The first-order chi connectivity index (χ1) is 14.3. The monoisotopic (exact) mass is 431 g/mol. The summed E-state index contributed by atoms with van der Waals surface area (Å²) in [6, 6.07) is 0. The van der Waals surface area contributed by atoms with E-state index in [0.717, 1.165) is 64.2 Å². The van der Waals surface area contributed by atoms with Gasteiger partial charge < -0.3 is 4.90 Å². The van der Waals surface area contributed by atoms with Gasteiger partial charge in [0.15, 0.2) is 23.3 Å². The van der Waals surface area contributed by atoms with Gasteiger partial charge in [0.25, 0.3) is 0 Å². The molecule has 0 aliphatic carbocycles. The summed E-state index contributed by atoms with van der Waals surface area (Å²) in [5, 5.41) is 0. The molecule has 0 N–H and O–H groups in total. The molecule has 0 bridgehead atoms. The largest absolute Gasteiger partial charge is 0.367 e. The van der Waals surface area contributed by atoms with Crippen LogP contribution in [0.5, 0.6) is 0 Å². The molecule has 0 aliphatic rings. The molecule has 30 heavy (non-hydrogen) atoms. The van der Waals surface area contributed by atoms with Crippen LogP contribution >= 0.6 is 0 Å². The lowest BCUT2D eigenvalue weighted by atomic mass is 9.94. The minimum Gasteiger partial charge on any atom is -0.367 e. The predicted molar refractivity (Wildman–Crippen MR) is 119 cm³/mol. The van der Waals surface area contributed by atoms with Crippen LogP contribution in [0, 0.1) is 42.0 Å². The van der Waals surface area contributed by atoms with Crippen molar-refractivity contribution in [1.82, 2.24) is 0 Å². The molecule has 0 saturated carbocycles. The molecule has 1 aromatic carbocycles. The van der Waals surface area contributed by atoms with Gasteiger partial charge in [0, 0.05) is 18.7 Å². The molecule has 0 heterocycles. The van der Waals surface area contributed by atoms with E-state index < -0.39 is 34.5 Å². The van der Waals surface area contributed by atoms with Crippen molar-refractivity contribution in [2.45, 2.75) is 98.8 Å². The van der Waals surface area contributed by atoms with E-state index in [0.29, 0.717) is 24.9 Å². The zero-order valence-electron chi connectivity index (χ0n) is 19.6. The first kappa shape index (κ1) is 26.8. The maximum Gasteiger partial charge on any atom is 0.197 e. The van der Waals surface area contributed by atoms with E-state index in [9.17, 15) is 17.6 Å². The average Bonchev–Trinajstić information content (AvgIpc) is 2.75. The Kier molecular flexibility index (Phi) is 12.4. The summed E-state index contributed by atoms with van der Waals surface area (Å²) in [5.74, 6) is -4.46. The van der Waals surface area contributed by atoms with Gasteiger partial charge in [-0.15, -0.1) is 0 Å². The smallest absolute Gasteiger partial charge is 0.197 e. The molecule has 0 amide bonds. The van der Waals surface area contributed by atoms with Crippen molar-refractivity contribution >= 4 is 5.69 Å². The summed E-state index contributed by atoms with van der Waals surface area (Å²) in [4.78, 5) is 1.63. The van der Waals surface area contributed by atoms with Crippen molar-refractivity contribution in [3.05, 3.63) is 28.8 Å². The Morgan fingerprint density at radius 2 is 1.10 bits per heavy atom. The molecule has 2 atom stereocenters. The van der Waals surface area contributed by atoms with Crippen LogP contribution in [0.3, 0.4) is 0 Å². The predicted octanol–water partition coefficient (Wildman–Crippen LogP) is 8.57. The van der Waals surface area contributed by atoms with Gasteiger partial charge in [-0.25, -0.2) is 17.6 Å². The van der Waals surface area contributed by atoms with Gasteiger partial charge in [0.2, 0.25) is 0 Å². The number of rotatable bonds is 15. The fourth-order valence-electron chi connectivity index (χ4n) is 4.12. The van der Waals surface area contributed by atoms with Gasteiger partial charge in [-0.2, -0.15) is 0 Å². The van der Waals surface area contributed by atoms with Gasteiger partial charge in [-0.3, -0.25) is 0 Å². The third kappa shape index (κ3) is 7.46. The van der Waals surface area contributed by atoms with Crippen LogP contribution in [0.15, 0.2) is 0 Å². The highest BCUT2D eigenvalue weighted by atomic mass is 19.2. The molecular formula is C25H41F4N. The summed E-state index contributed by atoms with van der Waals surface area (Å²) >= 11 is 0. The highest BCUT2D eigenvalue weighted by Crippen LogP contribution is 2.32. The van der Waals surface area contributed by atoms with Gasteiger partial charge in [0.1, 0.15) is 5.69 Å². The maximum absolute atomic E-state index is 14.9. The number of anilines is 1. The van der Waals surface area contributed by atoms with Gasteiger partial charge in [-0.1, -0.05) is 79.1 Å². The fourth-order valence-corrected chi connectivity index (χ4v) is 4.12. The van der Waals surface area contributed by atoms with Crippen LogP contribution in [-0.4, -0.2) is 13.1 Å². The van der Waals surface area contributed by atoms with Crippen molar-refractivity contribution in [1.29, 1.82) is 0 Å². The van der Waals surface area contributed by atoms with Crippen molar-refractivity contribution in [2.24, 2.45) is 11.8 Å². The molecule has 1 rings (SSSR count). The minimum atomic E-state index is -1.58. The normalized spacial score (nSPS) is 13.5. The van der Waals surface area contributed by atoms with Crippen molar-refractivity contribution < 1.29 is 17.6 Å². The van der Waals surface area contributed by atoms with Crippen molar-refractivity contribution in [3.63, 3.8) is 0 Å². The van der Waals surface area contributed by atoms with Gasteiger partial charge in [-0.05, 0) is 31.6 Å². The quantitative estimate of drug-likeness (QED) is 0.153. The van der Waals surface area contributed by atoms with Crippen LogP contribution in [-0.2, 0) is 0 Å². The Morgan fingerprint density at radius 1 is 0.633 bits per heavy atom. The van der Waals surface area contributed by atoms with Crippen molar-refractivity contribution in [3.8, 4) is 0 Å². The van der Waals surface area contributed by atoms with E-state index in [1.54, 1.807) is 4.90 Å². The minimum absolute atomic E-state index is 0.401. The number of hydrogen-bond acceptors (Lipinski definition) is 1. The molecule has 174 valence electrons. The summed E-state index contributed by atoms with van der Waals surface area (Å²) < 4.78 is 57.5. The molecule has 0 radical (unpaired) electrons. The first-order valence-electron chi connectivity index (χ1n) is 11.9. The second kappa shape index (κ2) is 13.9. The molecular weight excluding hydrogens is 390 g/mol. The topological polar surface area (TPSA) is 3.24 Å². The highest BCUT2D eigenvalue weighted by molar-refractivity contribution is 5.52. The second-order valence-corrected chi connectivity index (χ2v) is 8.63. The Balaban J connectivity index is 3.11. The van der Waals surface area contributed by atoms with Crippen LogP contribution in [0.2, 0.25) is 0 Å². The number of halogens is 4. The van der Waals surface area contributed by atoms with E-state index in [1.165, 1.54) is 6.92 Å². The van der Waals surface area contributed by atoms with Crippen LogP contribution < -0.4 is 4.90 Å². The molecule has 5 heteroatoms. The number of unbranched alkanes of at least 4 members (excludes halogenated alkanes) is 2. The molecule has 0 spiro atoms. The molecule has 1 aromatic rings. The van der Waals surface area contributed by atoms with Crippen LogP contribution in [0.25, 0.3) is 0 Å². The summed E-state index contributed by atoms with van der Waals surface area (Å²) in [5.41, 5.74) is -0.855. The summed E-state index contributed by atoms with van der Waals surface area (Å²) in [6.45, 7) is 10.6. The van der Waals surface area contributed by atoms with E-state index in [-0.39, 0.29) is 0 Å². The molecule has 0 aromatic heterocycles. The molecule has 0 fully saturated rings. The summed E-state index contributed by atoms with van der Waals surface area (Å²) in [6.07, 6.45) is 10.2. The van der Waals surface area contributed by atoms with E-state index in [2.05, 4.69) is 27.7 Å². The lowest BCUT2D eigenvalue weighted by Gasteiger charge is -2.30. The third-order valence-corrected chi connectivity index (χ3v) is 6.48. The Labute approximate surface area is 181 Å². The second-order valence-electron chi connectivity index (χ2n) is 8.63. The Bertz CT molecular complexity index is 583. The third-order valence-electron chi connectivity index (χ3n) is 6.48. The number of benzene rings is 1. The Hall–Kier alpha value is -1.26. The highest BCUT2D eigenvalue weighted by Gasteiger charge is 2.27. The van der Waals surface area contributed by atoms with Crippen LogP contribution in [0.4, 0.5) is 23.2 Å². The lowest BCUT2D eigenvalue weighted by molar-refractivity contribution is 0.392. The van der Waals surface area contributed by atoms with E-state index in [4.69, 9.17) is 0 Å². The lowest BCUT2D eigenvalue weighted by Crippen LogP contribution is -2.31. The maximum atomic E-state index is 14.9. The SMILES string of the molecule is CCCCC(CC)CCN(CCC(CC)CCCC)c1c(F)c(C)c(F)c(F)c1F. The van der Waals surface area contributed by atoms with E-state index in [1.807, 2.05) is 0 Å². The van der Waals surface area contributed by atoms with Crippen molar-refractivity contribution in [2.75, 3.05) is 18.0 Å².